The molecule has 0 unspecified atom stereocenters. The molecule has 0 saturated carbocycles. The summed E-state index contributed by atoms with van der Waals surface area (Å²) < 4.78 is 4.89. The molecule has 11 heavy (non-hydrogen) atoms. The standard InChI is InChI=1S/C7H10N2OS/c1-10-6-4-3-5(11-2)7(8)9-6/h3-4H,1-2H3,(H2,8,9). The molecular formula is C7H10N2OS. The number of anilines is 1. The second-order valence-corrected chi connectivity index (χ2v) is 2.79. The van der Waals surface area contributed by atoms with E-state index in [1.54, 1.807) is 24.9 Å². The van der Waals surface area contributed by atoms with Gasteiger partial charge in [0.1, 0.15) is 5.82 Å². The Morgan fingerprint density at radius 2 is 2.27 bits per heavy atom. The van der Waals surface area contributed by atoms with Crippen molar-refractivity contribution in [3.05, 3.63) is 12.1 Å². The van der Waals surface area contributed by atoms with E-state index >= 15 is 0 Å². The van der Waals surface area contributed by atoms with Gasteiger partial charge in [-0.3, -0.25) is 0 Å². The summed E-state index contributed by atoms with van der Waals surface area (Å²) in [5, 5.41) is 0. The Morgan fingerprint density at radius 3 is 2.73 bits per heavy atom. The molecule has 1 rings (SSSR count). The number of rotatable bonds is 2. The summed E-state index contributed by atoms with van der Waals surface area (Å²) in [6, 6.07) is 3.69. The van der Waals surface area contributed by atoms with Gasteiger partial charge < -0.3 is 10.5 Å². The maximum Gasteiger partial charge on any atom is 0.214 e. The first-order chi connectivity index (χ1) is 5.27. The fourth-order valence-electron chi connectivity index (χ4n) is 0.730. The number of nitrogens with two attached hydrogens (primary N) is 1. The first kappa shape index (κ1) is 8.20. The van der Waals surface area contributed by atoms with Crippen molar-refractivity contribution in [2.75, 3.05) is 19.1 Å². The van der Waals surface area contributed by atoms with E-state index in [-0.39, 0.29) is 0 Å². The van der Waals surface area contributed by atoms with Gasteiger partial charge in [0.2, 0.25) is 5.88 Å². The third-order valence-electron chi connectivity index (χ3n) is 1.29. The van der Waals surface area contributed by atoms with Crippen molar-refractivity contribution >= 4 is 17.6 Å². The van der Waals surface area contributed by atoms with Gasteiger partial charge in [0.05, 0.1) is 7.11 Å². The van der Waals surface area contributed by atoms with Gasteiger partial charge in [0, 0.05) is 11.0 Å². The second kappa shape index (κ2) is 3.48. The average molecular weight is 170 g/mol. The third-order valence-corrected chi connectivity index (χ3v) is 2.07. The van der Waals surface area contributed by atoms with Crippen LogP contribution in [-0.2, 0) is 0 Å². The highest BCUT2D eigenvalue weighted by Crippen LogP contribution is 2.22. The maximum absolute atomic E-state index is 5.60. The van der Waals surface area contributed by atoms with Gasteiger partial charge in [0.15, 0.2) is 0 Å². The average Bonchev–Trinajstić information content (AvgIpc) is 2.04. The van der Waals surface area contributed by atoms with E-state index in [1.165, 1.54) is 0 Å². The van der Waals surface area contributed by atoms with E-state index in [2.05, 4.69) is 4.98 Å². The van der Waals surface area contributed by atoms with Crippen molar-refractivity contribution in [1.29, 1.82) is 0 Å². The lowest BCUT2D eigenvalue weighted by atomic mass is 10.4. The molecule has 0 spiro atoms. The highest BCUT2D eigenvalue weighted by atomic mass is 32.2. The normalized spacial score (nSPS) is 9.64. The number of nitrogen functional groups attached to an aromatic ring is 1. The molecule has 0 aliphatic carbocycles. The van der Waals surface area contributed by atoms with Crippen LogP contribution in [0, 0.1) is 0 Å². The SMILES string of the molecule is COc1ccc(SC)c(N)n1. The van der Waals surface area contributed by atoms with Crippen LogP contribution in [-0.4, -0.2) is 18.3 Å². The molecule has 0 atom stereocenters. The molecule has 0 aliphatic rings. The van der Waals surface area contributed by atoms with Crippen LogP contribution in [0.4, 0.5) is 5.82 Å². The lowest BCUT2D eigenvalue weighted by Gasteiger charge is -2.02. The Morgan fingerprint density at radius 1 is 1.55 bits per heavy atom. The van der Waals surface area contributed by atoms with Crippen LogP contribution >= 0.6 is 11.8 Å². The van der Waals surface area contributed by atoms with Crippen LogP contribution in [0.1, 0.15) is 0 Å². The lowest BCUT2D eigenvalue weighted by Crippen LogP contribution is -1.95. The van der Waals surface area contributed by atoms with Crippen LogP contribution < -0.4 is 10.5 Å². The fourth-order valence-corrected chi connectivity index (χ4v) is 1.19. The number of aromatic nitrogens is 1. The van der Waals surface area contributed by atoms with Gasteiger partial charge in [-0.25, -0.2) is 0 Å². The Labute approximate surface area is 70.0 Å². The predicted octanol–water partition coefficient (Wildman–Crippen LogP) is 1.39. The van der Waals surface area contributed by atoms with Crippen molar-refractivity contribution in [2.24, 2.45) is 0 Å². The summed E-state index contributed by atoms with van der Waals surface area (Å²) in [5.74, 6) is 1.08. The summed E-state index contributed by atoms with van der Waals surface area (Å²) in [6.45, 7) is 0. The molecule has 0 aliphatic heterocycles. The first-order valence-corrected chi connectivity index (χ1v) is 4.35. The van der Waals surface area contributed by atoms with Gasteiger partial charge in [-0.1, -0.05) is 0 Å². The molecule has 0 saturated heterocycles. The molecule has 0 aromatic carbocycles. The van der Waals surface area contributed by atoms with E-state index in [0.717, 1.165) is 4.90 Å². The van der Waals surface area contributed by atoms with Crippen LogP contribution in [0.2, 0.25) is 0 Å². The van der Waals surface area contributed by atoms with Crippen LogP contribution in [0.3, 0.4) is 0 Å². The highest BCUT2D eigenvalue weighted by Gasteiger charge is 1.99. The quantitative estimate of drug-likeness (QED) is 0.681. The number of hydrogen-bond donors (Lipinski definition) is 1. The molecule has 0 radical (unpaired) electrons. The first-order valence-electron chi connectivity index (χ1n) is 3.12. The fraction of sp³-hybridized carbons (Fsp3) is 0.286. The van der Waals surface area contributed by atoms with Crippen molar-refractivity contribution in [3.63, 3.8) is 0 Å². The van der Waals surface area contributed by atoms with Gasteiger partial charge in [-0.2, -0.15) is 4.98 Å². The smallest absolute Gasteiger partial charge is 0.214 e. The number of ether oxygens (including phenoxy) is 1. The van der Waals surface area contributed by atoms with Crippen LogP contribution in [0.15, 0.2) is 17.0 Å². The largest absolute Gasteiger partial charge is 0.481 e. The van der Waals surface area contributed by atoms with Crippen LogP contribution in [0.25, 0.3) is 0 Å². The topological polar surface area (TPSA) is 48.1 Å². The maximum atomic E-state index is 5.60. The summed E-state index contributed by atoms with van der Waals surface area (Å²) >= 11 is 1.57. The second-order valence-electron chi connectivity index (χ2n) is 1.94. The molecule has 1 aromatic heterocycles. The van der Waals surface area contributed by atoms with E-state index in [0.29, 0.717) is 11.7 Å². The summed E-state index contributed by atoms with van der Waals surface area (Å²) in [5.41, 5.74) is 5.60. The molecule has 60 valence electrons. The number of nitrogens with zero attached hydrogens (tertiary/aromatic N) is 1. The minimum absolute atomic E-state index is 0.525. The predicted molar refractivity (Wildman–Crippen MR) is 47.0 cm³/mol. The molecule has 2 N–H and O–H groups in total. The monoisotopic (exact) mass is 170 g/mol. The molecule has 0 amide bonds. The van der Waals surface area contributed by atoms with E-state index < -0.39 is 0 Å². The van der Waals surface area contributed by atoms with Crippen molar-refractivity contribution in [2.45, 2.75) is 4.90 Å². The minimum Gasteiger partial charge on any atom is -0.481 e. The molecular weight excluding hydrogens is 160 g/mol. The molecule has 1 heterocycles. The van der Waals surface area contributed by atoms with E-state index in [9.17, 15) is 0 Å². The van der Waals surface area contributed by atoms with Gasteiger partial charge in [-0.05, 0) is 12.3 Å². The Hall–Kier alpha value is -0.900. The zero-order valence-electron chi connectivity index (χ0n) is 6.50. The van der Waals surface area contributed by atoms with Crippen molar-refractivity contribution in [3.8, 4) is 5.88 Å². The van der Waals surface area contributed by atoms with Gasteiger partial charge in [0.25, 0.3) is 0 Å². The molecule has 0 fully saturated rings. The lowest BCUT2D eigenvalue weighted by molar-refractivity contribution is 0.398. The third kappa shape index (κ3) is 1.77. The Bertz CT molecular complexity index is 252. The molecule has 3 nitrogen and oxygen atoms in total. The zero-order chi connectivity index (χ0) is 8.27. The Kier molecular flexibility index (Phi) is 2.59. The Balaban J connectivity index is 2.99. The van der Waals surface area contributed by atoms with Crippen LogP contribution in [0.5, 0.6) is 5.88 Å². The minimum atomic E-state index is 0.525. The molecule has 4 heteroatoms. The van der Waals surface area contributed by atoms with Crippen molar-refractivity contribution in [1.82, 2.24) is 4.98 Å². The summed E-state index contributed by atoms with van der Waals surface area (Å²) in [4.78, 5) is 4.97. The number of methoxy groups -OCH3 is 1. The van der Waals surface area contributed by atoms with Gasteiger partial charge in [-0.15, -0.1) is 11.8 Å². The number of thioether (sulfide) groups is 1. The number of hydrogen-bond acceptors (Lipinski definition) is 4. The molecule has 0 bridgehead atoms. The summed E-state index contributed by atoms with van der Waals surface area (Å²) in [6.07, 6.45) is 1.96. The van der Waals surface area contributed by atoms with Crippen molar-refractivity contribution < 1.29 is 4.74 Å². The highest BCUT2D eigenvalue weighted by molar-refractivity contribution is 7.98. The van der Waals surface area contributed by atoms with Gasteiger partial charge >= 0.3 is 0 Å². The summed E-state index contributed by atoms with van der Waals surface area (Å²) in [7, 11) is 1.57. The molecule has 1 aromatic rings. The van der Waals surface area contributed by atoms with E-state index in [4.69, 9.17) is 10.5 Å². The van der Waals surface area contributed by atoms with E-state index in [1.807, 2.05) is 12.3 Å². The number of pyridine rings is 1. The zero-order valence-corrected chi connectivity index (χ0v) is 7.31.